The van der Waals surface area contributed by atoms with Crippen LogP contribution in [0.3, 0.4) is 0 Å². The number of alkyl halides is 3. The first kappa shape index (κ1) is 14.5. The monoisotopic (exact) mass is 301 g/mol. The highest BCUT2D eigenvalue weighted by atomic mass is 35.5. The van der Waals surface area contributed by atoms with E-state index in [1.807, 2.05) is 0 Å². The van der Waals surface area contributed by atoms with Gasteiger partial charge in [-0.1, -0.05) is 17.7 Å². The van der Waals surface area contributed by atoms with Crippen molar-refractivity contribution in [3.8, 4) is 5.75 Å². The third-order valence-corrected chi connectivity index (χ3v) is 3.00. The fourth-order valence-electron chi connectivity index (χ4n) is 1.58. The predicted molar refractivity (Wildman–Crippen MR) is 71.6 cm³/mol. The third-order valence-electron chi connectivity index (χ3n) is 2.65. The highest BCUT2D eigenvalue weighted by Gasteiger charge is 2.29. The Morgan fingerprint density at radius 1 is 1.05 bits per heavy atom. The van der Waals surface area contributed by atoms with Crippen LogP contribution in [0.5, 0.6) is 5.75 Å². The van der Waals surface area contributed by atoms with E-state index in [2.05, 4.69) is 0 Å². The average molecular weight is 302 g/mol. The van der Waals surface area contributed by atoms with Crippen LogP contribution in [0.2, 0.25) is 5.02 Å². The second-order valence-corrected chi connectivity index (χ2v) is 4.57. The lowest BCUT2D eigenvalue weighted by molar-refractivity contribution is -0.137. The molecule has 0 atom stereocenters. The highest BCUT2D eigenvalue weighted by Crippen LogP contribution is 2.30. The zero-order chi connectivity index (χ0) is 14.8. The minimum absolute atomic E-state index is 0.157. The van der Waals surface area contributed by atoms with Gasteiger partial charge in [-0.05, 0) is 36.4 Å². The summed E-state index contributed by atoms with van der Waals surface area (Å²) in [5.74, 6) is 0.339. The number of benzene rings is 2. The lowest BCUT2D eigenvalue weighted by Crippen LogP contribution is -2.04. The van der Waals surface area contributed by atoms with Crippen LogP contribution < -0.4 is 10.5 Å². The van der Waals surface area contributed by atoms with E-state index in [1.54, 1.807) is 18.2 Å². The summed E-state index contributed by atoms with van der Waals surface area (Å²) in [5.41, 5.74) is 6.09. The van der Waals surface area contributed by atoms with Crippen molar-refractivity contribution in [1.29, 1.82) is 0 Å². The second kappa shape index (κ2) is 5.63. The van der Waals surface area contributed by atoms with Gasteiger partial charge in [-0.15, -0.1) is 0 Å². The van der Waals surface area contributed by atoms with Gasteiger partial charge in [-0.3, -0.25) is 0 Å². The zero-order valence-electron chi connectivity index (χ0n) is 10.2. The molecule has 106 valence electrons. The van der Waals surface area contributed by atoms with Crippen molar-refractivity contribution in [1.82, 2.24) is 0 Å². The summed E-state index contributed by atoms with van der Waals surface area (Å²) >= 11 is 5.97. The lowest BCUT2D eigenvalue weighted by atomic mass is 10.2. The molecule has 0 aliphatic rings. The summed E-state index contributed by atoms with van der Waals surface area (Å²) in [5, 5.41) is 0.455. The van der Waals surface area contributed by atoms with Gasteiger partial charge in [0, 0.05) is 16.3 Å². The van der Waals surface area contributed by atoms with Gasteiger partial charge in [-0.2, -0.15) is 13.2 Å². The minimum Gasteiger partial charge on any atom is -0.489 e. The molecule has 0 radical (unpaired) electrons. The summed E-state index contributed by atoms with van der Waals surface area (Å²) in [7, 11) is 0. The van der Waals surface area contributed by atoms with E-state index in [1.165, 1.54) is 12.1 Å². The van der Waals surface area contributed by atoms with Gasteiger partial charge in [-0.25, -0.2) is 0 Å². The highest BCUT2D eigenvalue weighted by molar-refractivity contribution is 6.31. The van der Waals surface area contributed by atoms with Crippen molar-refractivity contribution < 1.29 is 17.9 Å². The van der Waals surface area contributed by atoms with Crippen molar-refractivity contribution in [2.45, 2.75) is 12.8 Å². The van der Waals surface area contributed by atoms with Gasteiger partial charge in [0.25, 0.3) is 0 Å². The maximum absolute atomic E-state index is 12.4. The van der Waals surface area contributed by atoms with Crippen LogP contribution in [0.1, 0.15) is 11.1 Å². The molecule has 0 aliphatic heterocycles. The zero-order valence-corrected chi connectivity index (χ0v) is 11.0. The molecule has 0 saturated carbocycles. The molecule has 0 amide bonds. The smallest absolute Gasteiger partial charge is 0.416 e. The van der Waals surface area contributed by atoms with Crippen molar-refractivity contribution in [2.75, 3.05) is 5.73 Å². The van der Waals surface area contributed by atoms with Gasteiger partial charge in [0.1, 0.15) is 12.4 Å². The molecule has 20 heavy (non-hydrogen) atoms. The molecule has 0 heterocycles. The molecule has 2 nitrogen and oxygen atoms in total. The van der Waals surface area contributed by atoms with Gasteiger partial charge < -0.3 is 10.5 Å². The normalized spacial score (nSPS) is 11.4. The number of ether oxygens (including phenoxy) is 1. The summed E-state index contributed by atoms with van der Waals surface area (Å²) < 4.78 is 42.6. The van der Waals surface area contributed by atoms with Crippen LogP contribution >= 0.6 is 11.6 Å². The lowest BCUT2D eigenvalue weighted by Gasteiger charge is -2.10. The van der Waals surface area contributed by atoms with Crippen molar-refractivity contribution >= 4 is 17.3 Å². The molecule has 6 heteroatoms. The fraction of sp³-hybridized carbons (Fsp3) is 0.143. The number of nitrogen functional groups attached to an aromatic ring is 1. The maximum atomic E-state index is 12.4. The minimum atomic E-state index is -4.35. The van der Waals surface area contributed by atoms with Crippen LogP contribution in [0, 0.1) is 0 Å². The molecule has 2 N–H and O–H groups in total. The van der Waals surface area contributed by atoms with E-state index in [0.29, 0.717) is 22.0 Å². The molecule has 0 spiro atoms. The molecule has 2 rings (SSSR count). The molecule has 2 aromatic rings. The molecular formula is C14H11ClF3NO. The van der Waals surface area contributed by atoms with Crippen molar-refractivity contribution in [2.24, 2.45) is 0 Å². The Balaban J connectivity index is 2.04. The topological polar surface area (TPSA) is 35.2 Å². The molecule has 0 unspecified atom stereocenters. The first-order valence-electron chi connectivity index (χ1n) is 5.70. The number of halogens is 4. The van der Waals surface area contributed by atoms with Crippen molar-refractivity contribution in [3.05, 3.63) is 58.6 Å². The van der Waals surface area contributed by atoms with Gasteiger partial charge in [0.05, 0.1) is 5.56 Å². The Morgan fingerprint density at radius 2 is 1.70 bits per heavy atom. The first-order chi connectivity index (χ1) is 9.36. The molecule has 0 bridgehead atoms. The summed E-state index contributed by atoms with van der Waals surface area (Å²) in [6.07, 6.45) is -4.35. The van der Waals surface area contributed by atoms with Crippen LogP contribution in [-0.2, 0) is 12.8 Å². The number of anilines is 1. The number of nitrogens with two attached hydrogens (primary N) is 1. The molecular weight excluding hydrogens is 291 g/mol. The Bertz CT molecular complexity index is 596. The van der Waals surface area contributed by atoms with E-state index in [0.717, 1.165) is 12.1 Å². The summed E-state index contributed by atoms with van der Waals surface area (Å²) in [4.78, 5) is 0. The number of hydrogen-bond donors (Lipinski definition) is 1. The predicted octanol–water partition coefficient (Wildman–Crippen LogP) is 4.52. The standard InChI is InChI=1S/C14H11ClF3NO/c15-13-7-11(19)4-1-9(13)8-20-12-5-2-10(3-6-12)14(16,17)18/h1-7H,8,19H2. The van der Waals surface area contributed by atoms with Gasteiger partial charge in [0.15, 0.2) is 0 Å². The fourth-order valence-corrected chi connectivity index (χ4v) is 1.83. The molecule has 2 aromatic carbocycles. The number of rotatable bonds is 3. The van der Waals surface area contributed by atoms with Crippen LogP contribution in [-0.4, -0.2) is 0 Å². The Hall–Kier alpha value is -1.88. The third kappa shape index (κ3) is 3.57. The average Bonchev–Trinajstić information content (AvgIpc) is 2.37. The van der Waals surface area contributed by atoms with Gasteiger partial charge >= 0.3 is 6.18 Å². The molecule has 0 aromatic heterocycles. The van der Waals surface area contributed by atoms with E-state index >= 15 is 0 Å². The summed E-state index contributed by atoms with van der Waals surface area (Å²) in [6.45, 7) is 0.157. The molecule has 0 saturated heterocycles. The Morgan fingerprint density at radius 3 is 2.25 bits per heavy atom. The van der Waals surface area contributed by atoms with E-state index in [-0.39, 0.29) is 6.61 Å². The SMILES string of the molecule is Nc1ccc(COc2ccc(C(F)(F)F)cc2)c(Cl)c1. The maximum Gasteiger partial charge on any atom is 0.416 e. The summed E-state index contributed by atoms with van der Waals surface area (Å²) in [6, 6.07) is 9.47. The van der Waals surface area contributed by atoms with E-state index in [4.69, 9.17) is 22.1 Å². The van der Waals surface area contributed by atoms with Crippen LogP contribution in [0.25, 0.3) is 0 Å². The Kier molecular flexibility index (Phi) is 4.09. The van der Waals surface area contributed by atoms with Crippen molar-refractivity contribution in [3.63, 3.8) is 0 Å². The molecule has 0 fully saturated rings. The Labute approximate surface area is 118 Å². The van der Waals surface area contributed by atoms with Crippen LogP contribution in [0.4, 0.5) is 18.9 Å². The van der Waals surface area contributed by atoms with Gasteiger partial charge in [0.2, 0.25) is 0 Å². The van der Waals surface area contributed by atoms with E-state index < -0.39 is 11.7 Å². The first-order valence-corrected chi connectivity index (χ1v) is 6.08. The van der Waals surface area contributed by atoms with E-state index in [9.17, 15) is 13.2 Å². The van der Waals surface area contributed by atoms with Crippen LogP contribution in [0.15, 0.2) is 42.5 Å². The quantitative estimate of drug-likeness (QED) is 0.846. The largest absolute Gasteiger partial charge is 0.489 e. The molecule has 0 aliphatic carbocycles. The second-order valence-electron chi connectivity index (χ2n) is 4.16. The number of hydrogen-bond acceptors (Lipinski definition) is 2.